The van der Waals surface area contributed by atoms with E-state index in [1.165, 1.54) is 18.1 Å². The third kappa shape index (κ3) is 3.21. The molecular weight excluding hydrogens is 222 g/mol. The average Bonchev–Trinajstić information content (AvgIpc) is 2.76. The summed E-state index contributed by atoms with van der Waals surface area (Å²) in [4.78, 5) is 4.81. The van der Waals surface area contributed by atoms with Gasteiger partial charge in [-0.05, 0) is 25.6 Å². The van der Waals surface area contributed by atoms with E-state index in [1.54, 1.807) is 0 Å². The summed E-state index contributed by atoms with van der Waals surface area (Å²) in [7, 11) is 4.38. The van der Waals surface area contributed by atoms with E-state index < -0.39 is 0 Å². The molecule has 0 aromatic carbocycles. The van der Waals surface area contributed by atoms with Crippen LogP contribution in [0.4, 0.5) is 0 Å². The van der Waals surface area contributed by atoms with Crippen LogP contribution in [-0.2, 0) is 6.54 Å². The summed E-state index contributed by atoms with van der Waals surface area (Å²) < 4.78 is 3.85. The second kappa shape index (κ2) is 5.67. The lowest BCUT2D eigenvalue weighted by Gasteiger charge is -2.37. The summed E-state index contributed by atoms with van der Waals surface area (Å²) in [6.07, 6.45) is 0. The van der Waals surface area contributed by atoms with Crippen LogP contribution in [0.2, 0.25) is 0 Å². The predicted molar refractivity (Wildman–Crippen MR) is 65.5 cm³/mol. The van der Waals surface area contributed by atoms with Crippen LogP contribution in [0, 0.1) is 0 Å². The maximum Gasteiger partial charge on any atom is 0.0893 e. The number of rotatable bonds is 4. The largest absolute Gasteiger partial charge is 0.309 e. The van der Waals surface area contributed by atoms with Gasteiger partial charge in [-0.1, -0.05) is 4.49 Å². The SMILES string of the molecule is CN1CCN(C)C(CNCc2csnn2)C1. The first kappa shape index (κ1) is 11.9. The lowest BCUT2D eigenvalue weighted by atomic mass is 10.2. The number of hydrogen-bond acceptors (Lipinski definition) is 6. The molecule has 2 rings (SSSR count). The van der Waals surface area contributed by atoms with E-state index in [4.69, 9.17) is 0 Å². The summed E-state index contributed by atoms with van der Waals surface area (Å²) in [5.41, 5.74) is 1.04. The fourth-order valence-corrected chi connectivity index (χ4v) is 2.40. The van der Waals surface area contributed by atoms with Crippen molar-refractivity contribution in [2.45, 2.75) is 12.6 Å². The molecule has 1 aliphatic rings. The number of piperazine rings is 1. The molecule has 0 spiro atoms. The van der Waals surface area contributed by atoms with Crippen molar-refractivity contribution in [1.82, 2.24) is 24.7 Å². The molecule has 1 aliphatic heterocycles. The molecule has 0 radical (unpaired) electrons. The first-order valence-corrected chi connectivity index (χ1v) is 6.45. The standard InChI is InChI=1S/C10H19N5S/c1-14-3-4-15(2)10(7-14)6-11-5-9-8-16-13-12-9/h8,10-11H,3-7H2,1-2H3. The van der Waals surface area contributed by atoms with Crippen molar-refractivity contribution in [2.24, 2.45) is 0 Å². The molecule has 0 bridgehead atoms. The number of nitrogens with zero attached hydrogens (tertiary/aromatic N) is 4. The van der Waals surface area contributed by atoms with Crippen LogP contribution in [0.25, 0.3) is 0 Å². The van der Waals surface area contributed by atoms with Gasteiger partial charge in [-0.2, -0.15) is 0 Å². The van der Waals surface area contributed by atoms with Gasteiger partial charge in [0, 0.05) is 44.1 Å². The lowest BCUT2D eigenvalue weighted by Crippen LogP contribution is -2.53. The summed E-state index contributed by atoms with van der Waals surface area (Å²) >= 11 is 1.41. The Morgan fingerprint density at radius 1 is 1.50 bits per heavy atom. The van der Waals surface area contributed by atoms with Crippen molar-refractivity contribution < 1.29 is 0 Å². The van der Waals surface area contributed by atoms with Crippen molar-refractivity contribution in [1.29, 1.82) is 0 Å². The number of likely N-dealkylation sites (N-methyl/N-ethyl adjacent to an activating group) is 2. The number of nitrogens with one attached hydrogen (secondary N) is 1. The van der Waals surface area contributed by atoms with Crippen LogP contribution in [0.15, 0.2) is 5.38 Å². The molecule has 16 heavy (non-hydrogen) atoms. The Kier molecular flexibility index (Phi) is 4.22. The minimum absolute atomic E-state index is 0.602. The van der Waals surface area contributed by atoms with Crippen LogP contribution in [0.5, 0.6) is 0 Å². The molecule has 1 atom stereocenters. The summed E-state index contributed by atoms with van der Waals surface area (Å²) in [6, 6.07) is 0.602. The van der Waals surface area contributed by atoms with Crippen LogP contribution < -0.4 is 5.32 Å². The second-order valence-electron chi connectivity index (χ2n) is 4.42. The number of hydrogen-bond donors (Lipinski definition) is 1. The third-order valence-electron chi connectivity index (χ3n) is 3.07. The zero-order chi connectivity index (χ0) is 11.4. The van der Waals surface area contributed by atoms with Crippen molar-refractivity contribution in [3.05, 3.63) is 11.1 Å². The van der Waals surface area contributed by atoms with E-state index >= 15 is 0 Å². The summed E-state index contributed by atoms with van der Waals surface area (Å²) in [5, 5.41) is 9.45. The molecule has 0 aliphatic carbocycles. The Bertz CT molecular complexity index is 302. The van der Waals surface area contributed by atoms with Crippen LogP contribution in [0.3, 0.4) is 0 Å². The fourth-order valence-electron chi connectivity index (χ4n) is 1.95. The van der Waals surface area contributed by atoms with Crippen molar-refractivity contribution >= 4 is 11.5 Å². The molecule has 1 saturated heterocycles. The molecular formula is C10H19N5S. The molecule has 0 amide bonds. The zero-order valence-corrected chi connectivity index (χ0v) is 10.7. The van der Waals surface area contributed by atoms with Crippen molar-refractivity contribution in [3.8, 4) is 0 Å². The van der Waals surface area contributed by atoms with Gasteiger partial charge in [0.15, 0.2) is 0 Å². The van der Waals surface area contributed by atoms with E-state index in [0.29, 0.717) is 6.04 Å². The molecule has 1 N–H and O–H groups in total. The molecule has 1 fully saturated rings. The van der Waals surface area contributed by atoms with Crippen LogP contribution in [0.1, 0.15) is 5.69 Å². The zero-order valence-electron chi connectivity index (χ0n) is 9.89. The molecule has 1 aromatic rings. The van der Waals surface area contributed by atoms with E-state index in [-0.39, 0.29) is 0 Å². The lowest BCUT2D eigenvalue weighted by molar-refractivity contribution is 0.113. The highest BCUT2D eigenvalue weighted by molar-refractivity contribution is 7.03. The van der Waals surface area contributed by atoms with Gasteiger partial charge in [0.1, 0.15) is 0 Å². The average molecular weight is 241 g/mol. The summed E-state index contributed by atoms with van der Waals surface area (Å²) in [6.45, 7) is 5.30. The van der Waals surface area contributed by atoms with Gasteiger partial charge in [0.2, 0.25) is 0 Å². The van der Waals surface area contributed by atoms with Crippen LogP contribution >= 0.6 is 11.5 Å². The van der Waals surface area contributed by atoms with E-state index in [2.05, 4.69) is 38.8 Å². The van der Waals surface area contributed by atoms with Gasteiger partial charge in [-0.3, -0.25) is 4.90 Å². The molecule has 6 heteroatoms. The fraction of sp³-hybridized carbons (Fsp3) is 0.800. The highest BCUT2D eigenvalue weighted by Gasteiger charge is 2.21. The van der Waals surface area contributed by atoms with Gasteiger partial charge in [0.05, 0.1) is 5.69 Å². The molecule has 1 aromatic heterocycles. The van der Waals surface area contributed by atoms with E-state index in [1.807, 2.05) is 5.38 Å². The van der Waals surface area contributed by atoms with Crippen molar-refractivity contribution in [3.63, 3.8) is 0 Å². The minimum Gasteiger partial charge on any atom is -0.309 e. The quantitative estimate of drug-likeness (QED) is 0.796. The van der Waals surface area contributed by atoms with Gasteiger partial charge in [-0.15, -0.1) is 5.10 Å². The predicted octanol–water partition coefficient (Wildman–Crippen LogP) is -0.126. The van der Waals surface area contributed by atoms with Gasteiger partial charge < -0.3 is 10.2 Å². The Hall–Kier alpha value is -0.560. The normalized spacial score (nSPS) is 23.8. The van der Waals surface area contributed by atoms with E-state index in [0.717, 1.165) is 31.9 Å². The van der Waals surface area contributed by atoms with Crippen LogP contribution in [-0.4, -0.2) is 65.7 Å². The van der Waals surface area contributed by atoms with Gasteiger partial charge in [-0.25, -0.2) is 0 Å². The van der Waals surface area contributed by atoms with Crippen molar-refractivity contribution in [2.75, 3.05) is 40.3 Å². The summed E-state index contributed by atoms with van der Waals surface area (Å²) in [5.74, 6) is 0. The molecule has 5 nitrogen and oxygen atoms in total. The molecule has 0 saturated carbocycles. The Balaban J connectivity index is 1.72. The Morgan fingerprint density at radius 3 is 3.12 bits per heavy atom. The minimum atomic E-state index is 0.602. The van der Waals surface area contributed by atoms with E-state index in [9.17, 15) is 0 Å². The Morgan fingerprint density at radius 2 is 2.38 bits per heavy atom. The smallest absolute Gasteiger partial charge is 0.0893 e. The molecule has 2 heterocycles. The first-order chi connectivity index (χ1) is 7.75. The molecule has 90 valence electrons. The maximum atomic E-state index is 4.01. The topological polar surface area (TPSA) is 44.3 Å². The third-order valence-corrected chi connectivity index (χ3v) is 3.62. The number of aromatic nitrogens is 2. The second-order valence-corrected chi connectivity index (χ2v) is 5.03. The highest BCUT2D eigenvalue weighted by atomic mass is 32.1. The van der Waals surface area contributed by atoms with Gasteiger partial charge in [0.25, 0.3) is 0 Å². The Labute approximate surface area is 101 Å². The molecule has 1 unspecified atom stereocenters. The monoisotopic (exact) mass is 241 g/mol. The maximum absolute atomic E-state index is 4.01. The first-order valence-electron chi connectivity index (χ1n) is 5.61. The van der Waals surface area contributed by atoms with Gasteiger partial charge >= 0.3 is 0 Å². The highest BCUT2D eigenvalue weighted by Crippen LogP contribution is 2.05.